The number of hydrogen-bond acceptors (Lipinski definition) is 2. The Morgan fingerprint density at radius 2 is 1.89 bits per heavy atom. The molecule has 0 saturated heterocycles. The van der Waals surface area contributed by atoms with Crippen LogP contribution in [0.4, 0.5) is 0 Å². The second kappa shape index (κ2) is 5.04. The molecule has 0 aromatic carbocycles. The SMILES string of the molecule is CN(C(=O)C1C=CC(N)C1)C1CCC(C)(C)CC1. The van der Waals surface area contributed by atoms with Crippen molar-refractivity contribution >= 4 is 5.91 Å². The lowest BCUT2D eigenvalue weighted by molar-refractivity contribution is -0.135. The average molecular weight is 250 g/mol. The van der Waals surface area contributed by atoms with Crippen LogP contribution in [0.15, 0.2) is 12.2 Å². The van der Waals surface area contributed by atoms with E-state index in [-0.39, 0.29) is 17.9 Å². The fourth-order valence-corrected chi connectivity index (χ4v) is 3.12. The molecular formula is C15H26N2O. The lowest BCUT2D eigenvalue weighted by atomic mass is 9.75. The average Bonchev–Trinajstić information content (AvgIpc) is 2.74. The highest BCUT2D eigenvalue weighted by Crippen LogP contribution is 2.37. The lowest BCUT2D eigenvalue weighted by Gasteiger charge is -2.39. The van der Waals surface area contributed by atoms with Gasteiger partial charge in [0.05, 0.1) is 5.92 Å². The van der Waals surface area contributed by atoms with Gasteiger partial charge in [0, 0.05) is 19.1 Å². The highest BCUT2D eigenvalue weighted by atomic mass is 16.2. The Morgan fingerprint density at radius 3 is 2.39 bits per heavy atom. The summed E-state index contributed by atoms with van der Waals surface area (Å²) in [6.07, 6.45) is 9.43. The second-order valence-corrected chi connectivity index (χ2v) is 6.74. The molecule has 3 heteroatoms. The number of rotatable bonds is 2. The van der Waals surface area contributed by atoms with Crippen molar-refractivity contribution in [2.45, 2.75) is 58.0 Å². The van der Waals surface area contributed by atoms with Crippen molar-refractivity contribution in [3.05, 3.63) is 12.2 Å². The van der Waals surface area contributed by atoms with Crippen LogP contribution in [0.3, 0.4) is 0 Å². The summed E-state index contributed by atoms with van der Waals surface area (Å²) in [4.78, 5) is 14.3. The van der Waals surface area contributed by atoms with Gasteiger partial charge in [0.1, 0.15) is 0 Å². The zero-order valence-electron chi connectivity index (χ0n) is 11.9. The van der Waals surface area contributed by atoms with Crippen molar-refractivity contribution in [3.8, 4) is 0 Å². The summed E-state index contributed by atoms with van der Waals surface area (Å²) in [7, 11) is 1.96. The van der Waals surface area contributed by atoms with Crippen molar-refractivity contribution in [2.24, 2.45) is 17.1 Å². The maximum Gasteiger partial charge on any atom is 0.229 e. The first-order valence-corrected chi connectivity index (χ1v) is 7.10. The monoisotopic (exact) mass is 250 g/mol. The molecule has 18 heavy (non-hydrogen) atoms. The van der Waals surface area contributed by atoms with Crippen LogP contribution >= 0.6 is 0 Å². The smallest absolute Gasteiger partial charge is 0.229 e. The third-order valence-electron chi connectivity index (χ3n) is 4.64. The number of amides is 1. The van der Waals surface area contributed by atoms with Gasteiger partial charge in [-0.15, -0.1) is 0 Å². The van der Waals surface area contributed by atoms with Gasteiger partial charge in [-0.2, -0.15) is 0 Å². The molecule has 0 spiro atoms. The quantitative estimate of drug-likeness (QED) is 0.764. The van der Waals surface area contributed by atoms with Crippen molar-refractivity contribution in [1.82, 2.24) is 4.90 Å². The van der Waals surface area contributed by atoms with Gasteiger partial charge in [-0.1, -0.05) is 26.0 Å². The van der Waals surface area contributed by atoms with E-state index in [9.17, 15) is 4.79 Å². The minimum Gasteiger partial charge on any atom is -0.342 e. The fraction of sp³-hybridized carbons (Fsp3) is 0.800. The molecule has 2 rings (SSSR count). The van der Waals surface area contributed by atoms with Crippen LogP contribution in [-0.4, -0.2) is 29.9 Å². The van der Waals surface area contributed by atoms with Crippen LogP contribution in [0.25, 0.3) is 0 Å². The Morgan fingerprint density at radius 1 is 1.28 bits per heavy atom. The molecular weight excluding hydrogens is 224 g/mol. The predicted molar refractivity (Wildman–Crippen MR) is 74.0 cm³/mol. The maximum atomic E-state index is 12.4. The van der Waals surface area contributed by atoms with Crippen molar-refractivity contribution < 1.29 is 4.79 Å². The topological polar surface area (TPSA) is 46.3 Å². The molecule has 0 radical (unpaired) electrons. The summed E-state index contributed by atoms with van der Waals surface area (Å²) in [5.74, 6) is 0.267. The van der Waals surface area contributed by atoms with E-state index in [1.54, 1.807) is 0 Å². The van der Waals surface area contributed by atoms with E-state index in [2.05, 4.69) is 13.8 Å². The van der Waals surface area contributed by atoms with Gasteiger partial charge in [0.2, 0.25) is 5.91 Å². The standard InChI is InChI=1S/C15H26N2O/c1-15(2)8-6-13(7-9-15)17(3)14(18)11-4-5-12(16)10-11/h4-5,11-13H,6-10,16H2,1-3H3. The molecule has 1 fully saturated rings. The summed E-state index contributed by atoms with van der Waals surface area (Å²) >= 11 is 0. The molecule has 102 valence electrons. The van der Waals surface area contributed by atoms with E-state index in [4.69, 9.17) is 5.73 Å². The highest BCUT2D eigenvalue weighted by Gasteiger charge is 2.33. The van der Waals surface area contributed by atoms with E-state index in [0.717, 1.165) is 19.3 Å². The van der Waals surface area contributed by atoms with E-state index in [0.29, 0.717) is 11.5 Å². The number of hydrogen-bond donors (Lipinski definition) is 1. The molecule has 2 atom stereocenters. The van der Waals surface area contributed by atoms with E-state index in [1.807, 2.05) is 24.1 Å². The molecule has 0 heterocycles. The number of carbonyl (C=O) groups excluding carboxylic acids is 1. The Balaban J connectivity index is 1.90. The molecule has 0 bridgehead atoms. The summed E-state index contributed by atoms with van der Waals surface area (Å²) in [5, 5.41) is 0. The van der Waals surface area contributed by atoms with E-state index in [1.165, 1.54) is 12.8 Å². The zero-order chi connectivity index (χ0) is 13.3. The summed E-state index contributed by atoms with van der Waals surface area (Å²) < 4.78 is 0. The lowest BCUT2D eigenvalue weighted by Crippen LogP contribution is -2.43. The summed E-state index contributed by atoms with van der Waals surface area (Å²) in [6, 6.07) is 0.494. The number of nitrogens with zero attached hydrogens (tertiary/aromatic N) is 1. The molecule has 2 aliphatic carbocycles. The highest BCUT2D eigenvalue weighted by molar-refractivity contribution is 5.81. The first kappa shape index (κ1) is 13.6. The summed E-state index contributed by atoms with van der Waals surface area (Å²) in [5.41, 5.74) is 6.27. The second-order valence-electron chi connectivity index (χ2n) is 6.74. The normalized spacial score (nSPS) is 31.6. The Kier molecular flexibility index (Phi) is 3.81. The summed E-state index contributed by atoms with van der Waals surface area (Å²) in [6.45, 7) is 4.65. The minimum atomic E-state index is 0.0138. The molecule has 0 aliphatic heterocycles. The molecule has 1 amide bonds. The van der Waals surface area contributed by atoms with Crippen molar-refractivity contribution in [1.29, 1.82) is 0 Å². The first-order chi connectivity index (χ1) is 8.39. The maximum absolute atomic E-state index is 12.4. The molecule has 0 aromatic rings. The molecule has 1 saturated carbocycles. The number of nitrogens with two attached hydrogens (primary N) is 1. The Labute approximate surface area is 110 Å². The molecule has 3 nitrogen and oxygen atoms in total. The first-order valence-electron chi connectivity index (χ1n) is 7.10. The van der Waals surface area contributed by atoms with Crippen LogP contribution in [-0.2, 0) is 4.79 Å². The third-order valence-corrected chi connectivity index (χ3v) is 4.64. The largest absolute Gasteiger partial charge is 0.342 e. The zero-order valence-corrected chi connectivity index (χ0v) is 11.9. The van der Waals surface area contributed by atoms with Crippen molar-refractivity contribution in [3.63, 3.8) is 0 Å². The number of carbonyl (C=O) groups is 1. The van der Waals surface area contributed by atoms with Gasteiger partial charge in [-0.05, 0) is 37.5 Å². The van der Waals surface area contributed by atoms with E-state index < -0.39 is 0 Å². The Hall–Kier alpha value is -0.830. The van der Waals surface area contributed by atoms with Gasteiger partial charge in [-0.25, -0.2) is 0 Å². The predicted octanol–water partition coefficient (Wildman–Crippen LogP) is 2.32. The van der Waals surface area contributed by atoms with Crippen LogP contribution in [0.2, 0.25) is 0 Å². The van der Waals surface area contributed by atoms with Gasteiger partial charge < -0.3 is 10.6 Å². The van der Waals surface area contributed by atoms with E-state index >= 15 is 0 Å². The van der Waals surface area contributed by atoms with Gasteiger partial charge in [-0.3, -0.25) is 4.79 Å². The molecule has 2 unspecified atom stereocenters. The van der Waals surface area contributed by atoms with Crippen LogP contribution in [0.1, 0.15) is 46.0 Å². The fourth-order valence-electron chi connectivity index (χ4n) is 3.12. The van der Waals surface area contributed by atoms with Crippen LogP contribution in [0.5, 0.6) is 0 Å². The van der Waals surface area contributed by atoms with Crippen LogP contribution in [0, 0.1) is 11.3 Å². The van der Waals surface area contributed by atoms with Gasteiger partial charge in [0.15, 0.2) is 0 Å². The Bertz CT molecular complexity index is 338. The molecule has 0 aromatic heterocycles. The minimum absolute atomic E-state index is 0.0138. The third kappa shape index (κ3) is 2.94. The molecule has 2 aliphatic rings. The van der Waals surface area contributed by atoms with Gasteiger partial charge >= 0.3 is 0 Å². The van der Waals surface area contributed by atoms with Crippen LogP contribution < -0.4 is 5.73 Å². The molecule has 2 N–H and O–H groups in total. The van der Waals surface area contributed by atoms with Crippen molar-refractivity contribution in [2.75, 3.05) is 7.05 Å². The van der Waals surface area contributed by atoms with Gasteiger partial charge in [0.25, 0.3) is 0 Å².